The van der Waals surface area contributed by atoms with Crippen molar-refractivity contribution in [3.05, 3.63) is 33.5 Å². The fourth-order valence-corrected chi connectivity index (χ4v) is 3.31. The van der Waals surface area contributed by atoms with Crippen molar-refractivity contribution in [2.45, 2.75) is 20.0 Å². The van der Waals surface area contributed by atoms with Crippen LogP contribution in [0.2, 0.25) is 0 Å². The average molecular weight is 267 g/mol. The third kappa shape index (κ3) is 3.28. The number of nitrogens with one attached hydrogen (secondary N) is 1. The van der Waals surface area contributed by atoms with Gasteiger partial charge in [0, 0.05) is 29.0 Å². The molecule has 2 aromatic heterocycles. The Morgan fingerprint density at radius 1 is 1.41 bits per heavy atom. The standard InChI is InChI=1S/C12H17N3S2/c1-3-15(9-10-5-4-6-16-10)12-14-8-11(17-12)7-13-2/h4-6,8,13H,3,7,9H2,1-2H3. The molecule has 0 fully saturated rings. The molecule has 2 aromatic rings. The predicted octanol–water partition coefficient (Wildman–Crippen LogP) is 2.95. The number of hydrogen-bond donors (Lipinski definition) is 1. The van der Waals surface area contributed by atoms with Crippen molar-refractivity contribution in [1.29, 1.82) is 0 Å². The minimum absolute atomic E-state index is 0.897. The molecule has 0 aliphatic rings. The van der Waals surface area contributed by atoms with Crippen LogP contribution in [0.5, 0.6) is 0 Å². The summed E-state index contributed by atoms with van der Waals surface area (Å²) in [5.41, 5.74) is 0. The third-order valence-electron chi connectivity index (χ3n) is 2.47. The quantitative estimate of drug-likeness (QED) is 0.872. The Morgan fingerprint density at radius 2 is 2.29 bits per heavy atom. The van der Waals surface area contributed by atoms with Gasteiger partial charge in [0.05, 0.1) is 6.54 Å². The maximum absolute atomic E-state index is 4.50. The van der Waals surface area contributed by atoms with E-state index in [4.69, 9.17) is 0 Å². The summed E-state index contributed by atoms with van der Waals surface area (Å²) < 4.78 is 0. The summed E-state index contributed by atoms with van der Waals surface area (Å²) in [6, 6.07) is 4.28. The molecular formula is C12H17N3S2. The fraction of sp³-hybridized carbons (Fsp3) is 0.417. The molecule has 0 saturated carbocycles. The van der Waals surface area contributed by atoms with E-state index in [1.807, 2.05) is 13.2 Å². The molecule has 2 heterocycles. The largest absolute Gasteiger partial charge is 0.343 e. The second kappa shape index (κ2) is 6.14. The van der Waals surface area contributed by atoms with Crippen molar-refractivity contribution in [3.8, 4) is 0 Å². The van der Waals surface area contributed by atoms with E-state index in [2.05, 4.69) is 39.6 Å². The normalized spacial score (nSPS) is 10.7. The SMILES string of the molecule is CCN(Cc1cccs1)c1ncc(CNC)s1. The first kappa shape index (κ1) is 12.5. The Bertz CT molecular complexity index is 436. The number of thiazole rings is 1. The van der Waals surface area contributed by atoms with Gasteiger partial charge in [-0.15, -0.1) is 22.7 Å². The Hall–Kier alpha value is -0.910. The van der Waals surface area contributed by atoms with Crippen LogP contribution in [0.1, 0.15) is 16.7 Å². The van der Waals surface area contributed by atoms with Crippen LogP contribution in [0.4, 0.5) is 5.13 Å². The highest BCUT2D eigenvalue weighted by atomic mass is 32.1. The second-order valence-electron chi connectivity index (χ2n) is 3.73. The van der Waals surface area contributed by atoms with E-state index in [1.165, 1.54) is 9.75 Å². The van der Waals surface area contributed by atoms with Gasteiger partial charge < -0.3 is 10.2 Å². The lowest BCUT2D eigenvalue weighted by Crippen LogP contribution is -2.21. The average Bonchev–Trinajstić information content (AvgIpc) is 2.97. The summed E-state index contributed by atoms with van der Waals surface area (Å²) >= 11 is 3.57. The third-order valence-corrected chi connectivity index (χ3v) is 4.39. The van der Waals surface area contributed by atoms with E-state index in [9.17, 15) is 0 Å². The minimum atomic E-state index is 0.897. The number of aromatic nitrogens is 1. The summed E-state index contributed by atoms with van der Waals surface area (Å²) in [6.45, 7) is 5.02. The van der Waals surface area contributed by atoms with Crippen LogP contribution in [0, 0.1) is 0 Å². The van der Waals surface area contributed by atoms with Crippen LogP contribution in [0.3, 0.4) is 0 Å². The smallest absolute Gasteiger partial charge is 0.185 e. The van der Waals surface area contributed by atoms with Crippen molar-refractivity contribution in [2.75, 3.05) is 18.5 Å². The molecule has 0 radical (unpaired) electrons. The van der Waals surface area contributed by atoms with E-state index >= 15 is 0 Å². The van der Waals surface area contributed by atoms with Crippen molar-refractivity contribution in [2.24, 2.45) is 0 Å². The van der Waals surface area contributed by atoms with E-state index < -0.39 is 0 Å². The summed E-state index contributed by atoms with van der Waals surface area (Å²) in [5, 5.41) is 6.39. The number of hydrogen-bond acceptors (Lipinski definition) is 5. The molecule has 1 N–H and O–H groups in total. The lowest BCUT2D eigenvalue weighted by Gasteiger charge is -2.18. The van der Waals surface area contributed by atoms with Crippen LogP contribution in [0.25, 0.3) is 0 Å². The Morgan fingerprint density at radius 3 is 2.94 bits per heavy atom. The zero-order chi connectivity index (χ0) is 12.1. The molecule has 0 aliphatic carbocycles. The molecule has 0 bridgehead atoms. The molecule has 0 aliphatic heterocycles. The van der Waals surface area contributed by atoms with E-state index in [0.717, 1.165) is 24.8 Å². The number of nitrogens with zero attached hydrogens (tertiary/aromatic N) is 2. The van der Waals surface area contributed by atoms with Crippen LogP contribution < -0.4 is 10.2 Å². The molecule has 0 amide bonds. The molecule has 3 nitrogen and oxygen atoms in total. The first-order valence-electron chi connectivity index (χ1n) is 5.70. The molecule has 2 rings (SSSR count). The number of thiophene rings is 1. The van der Waals surface area contributed by atoms with Crippen molar-refractivity contribution in [3.63, 3.8) is 0 Å². The number of anilines is 1. The van der Waals surface area contributed by atoms with E-state index in [1.54, 1.807) is 22.7 Å². The van der Waals surface area contributed by atoms with Gasteiger partial charge in [0.1, 0.15) is 0 Å². The second-order valence-corrected chi connectivity index (χ2v) is 5.86. The molecule has 0 unspecified atom stereocenters. The molecule has 17 heavy (non-hydrogen) atoms. The highest BCUT2D eigenvalue weighted by Crippen LogP contribution is 2.24. The minimum Gasteiger partial charge on any atom is -0.343 e. The summed E-state index contributed by atoms with van der Waals surface area (Å²) in [6.07, 6.45) is 1.97. The van der Waals surface area contributed by atoms with Gasteiger partial charge in [0.15, 0.2) is 5.13 Å². The lowest BCUT2D eigenvalue weighted by atomic mass is 10.4. The molecule has 0 saturated heterocycles. The van der Waals surface area contributed by atoms with Gasteiger partial charge >= 0.3 is 0 Å². The monoisotopic (exact) mass is 267 g/mol. The van der Waals surface area contributed by atoms with Gasteiger partial charge in [-0.1, -0.05) is 6.07 Å². The molecular weight excluding hydrogens is 250 g/mol. The van der Waals surface area contributed by atoms with Crippen LogP contribution >= 0.6 is 22.7 Å². The highest BCUT2D eigenvalue weighted by molar-refractivity contribution is 7.15. The Balaban J connectivity index is 2.06. The first-order chi connectivity index (χ1) is 8.33. The zero-order valence-electron chi connectivity index (χ0n) is 10.1. The van der Waals surface area contributed by atoms with Crippen molar-refractivity contribution >= 4 is 27.8 Å². The highest BCUT2D eigenvalue weighted by Gasteiger charge is 2.10. The maximum atomic E-state index is 4.50. The van der Waals surface area contributed by atoms with Gasteiger partial charge in [0.2, 0.25) is 0 Å². The number of rotatable bonds is 6. The lowest BCUT2D eigenvalue weighted by molar-refractivity contribution is 0.827. The zero-order valence-corrected chi connectivity index (χ0v) is 11.8. The summed E-state index contributed by atoms with van der Waals surface area (Å²) in [5.74, 6) is 0. The molecule has 0 atom stereocenters. The first-order valence-corrected chi connectivity index (χ1v) is 7.39. The topological polar surface area (TPSA) is 28.2 Å². The van der Waals surface area contributed by atoms with Crippen LogP contribution in [0.15, 0.2) is 23.7 Å². The molecule has 92 valence electrons. The van der Waals surface area contributed by atoms with Crippen LogP contribution in [-0.2, 0) is 13.1 Å². The summed E-state index contributed by atoms with van der Waals surface area (Å²) in [4.78, 5) is 9.48. The van der Waals surface area contributed by atoms with Gasteiger partial charge in [-0.2, -0.15) is 0 Å². The van der Waals surface area contributed by atoms with Gasteiger partial charge in [-0.3, -0.25) is 0 Å². The molecule has 5 heteroatoms. The van der Waals surface area contributed by atoms with Crippen LogP contribution in [-0.4, -0.2) is 18.6 Å². The Labute approximate surface area is 110 Å². The van der Waals surface area contributed by atoms with Gasteiger partial charge in [-0.25, -0.2) is 4.98 Å². The van der Waals surface area contributed by atoms with Gasteiger partial charge in [0.25, 0.3) is 0 Å². The van der Waals surface area contributed by atoms with Gasteiger partial charge in [-0.05, 0) is 25.4 Å². The predicted molar refractivity (Wildman–Crippen MR) is 75.9 cm³/mol. The van der Waals surface area contributed by atoms with Crippen molar-refractivity contribution < 1.29 is 0 Å². The van der Waals surface area contributed by atoms with E-state index in [0.29, 0.717) is 0 Å². The molecule has 0 aromatic carbocycles. The maximum Gasteiger partial charge on any atom is 0.185 e. The van der Waals surface area contributed by atoms with E-state index in [-0.39, 0.29) is 0 Å². The summed E-state index contributed by atoms with van der Waals surface area (Å²) in [7, 11) is 1.96. The fourth-order valence-electron chi connectivity index (χ4n) is 1.60. The van der Waals surface area contributed by atoms with Crippen molar-refractivity contribution in [1.82, 2.24) is 10.3 Å². The molecule has 0 spiro atoms. The Kier molecular flexibility index (Phi) is 4.53.